The summed E-state index contributed by atoms with van der Waals surface area (Å²) in [7, 11) is -6.80. The van der Waals surface area contributed by atoms with E-state index in [1.807, 2.05) is 0 Å². The Morgan fingerprint density at radius 3 is 2.29 bits per heavy atom. The van der Waals surface area contributed by atoms with Crippen LogP contribution < -0.4 is 10.0 Å². The van der Waals surface area contributed by atoms with E-state index < -0.39 is 44.4 Å². The zero-order chi connectivity index (χ0) is 25.6. The highest BCUT2D eigenvalue weighted by Gasteiger charge is 2.52. The molecule has 0 spiro atoms. The molecule has 0 unspecified atom stereocenters. The topological polar surface area (TPSA) is 88.2 Å². The summed E-state index contributed by atoms with van der Waals surface area (Å²) < 4.78 is 82.4. The standard InChI is InChI=1S/C22H28BrF3N3O3PS/c1-20(2,19-8-6-16(23)12-27-19)13-29-34(31,32)18-11-15(22(24,25)26)5-7-17(18)28-14-21(9-10-21)33(3,4)30/h5-8,11-12,28-29H,9-10,13-14H2,1-4H3. The van der Waals surface area contributed by atoms with Crippen LogP contribution in [0.2, 0.25) is 0 Å². The lowest BCUT2D eigenvalue weighted by molar-refractivity contribution is -0.137. The Balaban J connectivity index is 1.89. The van der Waals surface area contributed by atoms with E-state index in [0.29, 0.717) is 11.8 Å². The maximum Gasteiger partial charge on any atom is 0.416 e. The molecule has 1 fully saturated rings. The van der Waals surface area contributed by atoms with Crippen molar-refractivity contribution in [3.8, 4) is 0 Å². The van der Waals surface area contributed by atoms with E-state index in [9.17, 15) is 26.2 Å². The van der Waals surface area contributed by atoms with E-state index in [4.69, 9.17) is 0 Å². The number of nitrogens with zero attached hydrogens (tertiary/aromatic N) is 1. The lowest BCUT2D eigenvalue weighted by Crippen LogP contribution is -2.37. The van der Waals surface area contributed by atoms with E-state index in [-0.39, 0.29) is 18.8 Å². The summed E-state index contributed by atoms with van der Waals surface area (Å²) in [4.78, 5) is 3.80. The Hall–Kier alpha value is -1.42. The summed E-state index contributed by atoms with van der Waals surface area (Å²) in [6.45, 7) is 7.06. The first-order chi connectivity index (χ1) is 15.5. The van der Waals surface area contributed by atoms with Gasteiger partial charge in [0.25, 0.3) is 0 Å². The summed E-state index contributed by atoms with van der Waals surface area (Å²) in [5, 5.41) is 2.51. The summed E-state index contributed by atoms with van der Waals surface area (Å²) in [5.41, 5.74) is -1.12. The van der Waals surface area contributed by atoms with Gasteiger partial charge in [0.2, 0.25) is 10.0 Å². The van der Waals surface area contributed by atoms with Gasteiger partial charge >= 0.3 is 6.18 Å². The molecule has 0 aliphatic heterocycles. The van der Waals surface area contributed by atoms with E-state index in [1.165, 1.54) is 0 Å². The first-order valence-corrected chi connectivity index (χ1v) is 15.5. The molecule has 3 rings (SSSR count). The number of alkyl halides is 3. The number of pyridine rings is 1. The summed E-state index contributed by atoms with van der Waals surface area (Å²) in [6.07, 6.45) is -1.67. The average molecular weight is 582 g/mol. The molecule has 12 heteroatoms. The van der Waals surface area contributed by atoms with Crippen molar-refractivity contribution in [2.75, 3.05) is 31.7 Å². The minimum Gasteiger partial charge on any atom is -0.383 e. The Bertz CT molecular complexity index is 1210. The van der Waals surface area contributed by atoms with Crippen molar-refractivity contribution < 1.29 is 26.2 Å². The number of nitrogens with one attached hydrogen (secondary N) is 2. The Morgan fingerprint density at radius 2 is 1.79 bits per heavy atom. The minimum absolute atomic E-state index is 0.0415. The Morgan fingerprint density at radius 1 is 1.15 bits per heavy atom. The summed E-state index contributed by atoms with van der Waals surface area (Å²) >= 11 is 3.30. The van der Waals surface area contributed by atoms with Crippen molar-refractivity contribution in [2.45, 2.75) is 48.3 Å². The quantitative estimate of drug-likeness (QED) is 0.372. The number of hydrogen-bond donors (Lipinski definition) is 2. The minimum atomic E-state index is -4.70. The highest BCUT2D eigenvalue weighted by molar-refractivity contribution is 9.10. The van der Waals surface area contributed by atoms with Gasteiger partial charge < -0.3 is 9.88 Å². The zero-order valence-corrected chi connectivity index (χ0v) is 22.6. The molecule has 0 amide bonds. The van der Waals surface area contributed by atoms with Crippen molar-refractivity contribution in [3.63, 3.8) is 0 Å². The zero-order valence-electron chi connectivity index (χ0n) is 19.3. The van der Waals surface area contributed by atoms with E-state index in [1.54, 1.807) is 45.5 Å². The largest absolute Gasteiger partial charge is 0.416 e. The van der Waals surface area contributed by atoms with Crippen molar-refractivity contribution in [1.82, 2.24) is 9.71 Å². The molecule has 1 heterocycles. The van der Waals surface area contributed by atoms with Gasteiger partial charge in [-0.2, -0.15) is 13.2 Å². The van der Waals surface area contributed by atoms with Gasteiger partial charge in [0.15, 0.2) is 0 Å². The van der Waals surface area contributed by atoms with E-state index in [0.717, 1.165) is 29.4 Å². The van der Waals surface area contributed by atoms with Crippen molar-refractivity contribution in [1.29, 1.82) is 0 Å². The molecule has 2 aromatic rings. The molecule has 0 radical (unpaired) electrons. The van der Waals surface area contributed by atoms with Crippen LogP contribution in [0.3, 0.4) is 0 Å². The van der Waals surface area contributed by atoms with Crippen LogP contribution >= 0.6 is 23.1 Å². The van der Waals surface area contributed by atoms with Gasteiger partial charge in [-0.25, -0.2) is 13.1 Å². The van der Waals surface area contributed by atoms with Crippen LogP contribution in [0.4, 0.5) is 18.9 Å². The smallest absolute Gasteiger partial charge is 0.383 e. The maximum atomic E-state index is 13.4. The molecular formula is C22H28BrF3N3O3PS. The van der Waals surface area contributed by atoms with Crippen LogP contribution in [0, 0.1) is 0 Å². The van der Waals surface area contributed by atoms with E-state index in [2.05, 4.69) is 31.0 Å². The van der Waals surface area contributed by atoms with Gasteiger partial charge in [-0.3, -0.25) is 4.98 Å². The second-order valence-corrected chi connectivity index (χ2v) is 16.0. The fourth-order valence-electron chi connectivity index (χ4n) is 3.60. The van der Waals surface area contributed by atoms with Crippen molar-refractivity contribution in [3.05, 3.63) is 52.3 Å². The molecule has 34 heavy (non-hydrogen) atoms. The highest BCUT2D eigenvalue weighted by atomic mass is 79.9. The molecule has 1 aliphatic carbocycles. The van der Waals surface area contributed by atoms with Crippen LogP contribution in [0.1, 0.15) is 37.9 Å². The number of rotatable bonds is 9. The first-order valence-electron chi connectivity index (χ1n) is 10.6. The average Bonchev–Trinajstić information content (AvgIpc) is 3.52. The van der Waals surface area contributed by atoms with Gasteiger partial charge in [-0.15, -0.1) is 0 Å². The molecule has 188 valence electrons. The SMILES string of the molecule is CC(C)(CNS(=O)(=O)c1cc(C(F)(F)F)ccc1NCC1(P(C)(C)=O)CC1)c1ccc(Br)cn1. The maximum absolute atomic E-state index is 13.4. The number of anilines is 1. The number of benzene rings is 1. The van der Waals surface area contributed by atoms with Gasteiger partial charge in [0, 0.05) is 40.0 Å². The molecular weight excluding hydrogens is 554 g/mol. The fraction of sp³-hybridized carbons (Fsp3) is 0.500. The van der Waals surface area contributed by atoms with E-state index >= 15 is 0 Å². The monoisotopic (exact) mass is 581 g/mol. The summed E-state index contributed by atoms with van der Waals surface area (Å²) in [5.74, 6) is 0. The Labute approximate surface area is 206 Å². The molecule has 1 aromatic carbocycles. The molecule has 1 aromatic heterocycles. The third-order valence-corrected chi connectivity index (χ3v) is 11.1. The van der Waals surface area contributed by atoms with Crippen molar-refractivity contribution >= 4 is 38.8 Å². The van der Waals surface area contributed by atoms with Crippen LogP contribution in [0.15, 0.2) is 45.9 Å². The first kappa shape index (κ1) is 27.2. The van der Waals surface area contributed by atoms with Crippen LogP contribution in [0.5, 0.6) is 0 Å². The molecule has 1 saturated carbocycles. The number of halogens is 4. The molecule has 0 atom stereocenters. The van der Waals surface area contributed by atoms with Gasteiger partial charge in [-0.1, -0.05) is 13.8 Å². The van der Waals surface area contributed by atoms with Crippen LogP contribution in [0.25, 0.3) is 0 Å². The highest BCUT2D eigenvalue weighted by Crippen LogP contribution is 2.65. The van der Waals surface area contributed by atoms with Crippen molar-refractivity contribution in [2.24, 2.45) is 0 Å². The van der Waals surface area contributed by atoms with Gasteiger partial charge in [-0.05, 0) is 72.4 Å². The van der Waals surface area contributed by atoms with Crippen LogP contribution in [-0.4, -0.2) is 45.0 Å². The third kappa shape index (κ3) is 6.04. The predicted molar refractivity (Wildman–Crippen MR) is 132 cm³/mol. The lowest BCUT2D eigenvalue weighted by Gasteiger charge is -2.26. The number of sulfonamides is 1. The molecule has 2 N–H and O–H groups in total. The lowest BCUT2D eigenvalue weighted by atomic mass is 9.89. The van der Waals surface area contributed by atoms with Gasteiger partial charge in [0.1, 0.15) is 4.90 Å². The third-order valence-electron chi connectivity index (χ3n) is 6.30. The molecule has 0 bridgehead atoms. The number of hydrogen-bond acceptors (Lipinski definition) is 5. The fourth-order valence-corrected chi connectivity index (χ4v) is 6.90. The Kier molecular flexibility index (Phi) is 7.37. The summed E-state index contributed by atoms with van der Waals surface area (Å²) in [6, 6.07) is 6.12. The second-order valence-electron chi connectivity index (χ2n) is 9.71. The van der Waals surface area contributed by atoms with Crippen LogP contribution in [-0.2, 0) is 26.2 Å². The van der Waals surface area contributed by atoms with Gasteiger partial charge in [0.05, 0.1) is 18.4 Å². The second kappa shape index (κ2) is 9.22. The normalized spacial score (nSPS) is 16.4. The molecule has 0 saturated heterocycles. The molecule has 1 aliphatic rings. The molecule has 6 nitrogen and oxygen atoms in total. The number of aromatic nitrogens is 1. The predicted octanol–water partition coefficient (Wildman–Crippen LogP) is 5.69.